The lowest BCUT2D eigenvalue weighted by atomic mass is 10.2. The number of rotatable bonds is 7. The Hall–Kier alpha value is -0.780. The van der Waals surface area contributed by atoms with E-state index in [2.05, 4.69) is 4.72 Å². The van der Waals surface area contributed by atoms with Gasteiger partial charge in [-0.25, -0.2) is 13.1 Å². The first kappa shape index (κ1) is 16.3. The number of halogens is 1. The van der Waals surface area contributed by atoms with Gasteiger partial charge in [-0.05, 0) is 38.0 Å². The van der Waals surface area contributed by atoms with Crippen molar-refractivity contribution in [3.8, 4) is 5.75 Å². The van der Waals surface area contributed by atoms with Gasteiger partial charge in [-0.1, -0.05) is 24.6 Å². The second kappa shape index (κ2) is 7.12. The minimum absolute atomic E-state index is 0.0476. The van der Waals surface area contributed by atoms with Gasteiger partial charge in [0.1, 0.15) is 5.75 Å². The SMILES string of the molecule is CCCS(=O)(=O)NCc1ccc(OC(C)C)c(Cl)c1. The highest BCUT2D eigenvalue weighted by atomic mass is 35.5. The van der Waals surface area contributed by atoms with Crippen molar-refractivity contribution in [2.45, 2.75) is 39.8 Å². The molecular formula is C13H20ClNO3S. The van der Waals surface area contributed by atoms with Crippen molar-refractivity contribution < 1.29 is 13.2 Å². The molecule has 0 aliphatic rings. The van der Waals surface area contributed by atoms with Gasteiger partial charge in [-0.2, -0.15) is 0 Å². The maximum Gasteiger partial charge on any atom is 0.211 e. The third-order valence-corrected chi connectivity index (χ3v) is 4.15. The van der Waals surface area contributed by atoms with Crippen molar-refractivity contribution in [1.29, 1.82) is 0 Å². The summed E-state index contributed by atoms with van der Waals surface area (Å²) in [5, 5.41) is 0.487. The number of ether oxygens (including phenoxy) is 1. The summed E-state index contributed by atoms with van der Waals surface area (Å²) in [6.07, 6.45) is 0.642. The summed E-state index contributed by atoms with van der Waals surface area (Å²) in [5.41, 5.74) is 0.806. The van der Waals surface area contributed by atoms with E-state index in [9.17, 15) is 8.42 Å². The Kier molecular flexibility index (Phi) is 6.10. The Morgan fingerprint density at radius 1 is 1.37 bits per heavy atom. The summed E-state index contributed by atoms with van der Waals surface area (Å²) in [5.74, 6) is 0.742. The first-order valence-corrected chi connectivity index (χ1v) is 8.29. The monoisotopic (exact) mass is 305 g/mol. The smallest absolute Gasteiger partial charge is 0.211 e. The Bertz CT molecular complexity index is 515. The maximum atomic E-state index is 11.5. The summed E-state index contributed by atoms with van der Waals surface area (Å²) in [4.78, 5) is 0. The Labute approximate surface area is 120 Å². The van der Waals surface area contributed by atoms with Gasteiger partial charge in [-0.15, -0.1) is 0 Å². The van der Waals surface area contributed by atoms with E-state index in [-0.39, 0.29) is 18.4 Å². The predicted molar refractivity (Wildman–Crippen MR) is 78.1 cm³/mol. The van der Waals surface area contributed by atoms with E-state index in [1.54, 1.807) is 18.2 Å². The minimum Gasteiger partial charge on any atom is -0.489 e. The number of sulfonamides is 1. The van der Waals surface area contributed by atoms with Gasteiger partial charge < -0.3 is 4.74 Å². The molecule has 0 aromatic heterocycles. The van der Waals surface area contributed by atoms with Crippen molar-refractivity contribution in [2.75, 3.05) is 5.75 Å². The van der Waals surface area contributed by atoms with Crippen molar-refractivity contribution in [3.05, 3.63) is 28.8 Å². The predicted octanol–water partition coefficient (Wildman–Crippen LogP) is 2.96. The molecule has 0 amide bonds. The topological polar surface area (TPSA) is 55.4 Å². The molecule has 6 heteroatoms. The van der Waals surface area contributed by atoms with Crippen LogP contribution < -0.4 is 9.46 Å². The molecule has 1 aromatic rings. The standard InChI is InChI=1S/C13H20ClNO3S/c1-4-7-19(16,17)15-9-11-5-6-13(12(14)8-11)18-10(2)3/h5-6,8,10,15H,4,7,9H2,1-3H3. The lowest BCUT2D eigenvalue weighted by molar-refractivity contribution is 0.242. The number of hydrogen-bond donors (Lipinski definition) is 1. The first-order chi connectivity index (χ1) is 8.84. The van der Waals surface area contributed by atoms with E-state index in [0.29, 0.717) is 17.2 Å². The molecule has 108 valence electrons. The molecule has 0 aliphatic heterocycles. The quantitative estimate of drug-likeness (QED) is 0.842. The highest BCUT2D eigenvalue weighted by molar-refractivity contribution is 7.89. The Morgan fingerprint density at radius 3 is 2.58 bits per heavy atom. The van der Waals surface area contributed by atoms with Crippen LogP contribution in [0.4, 0.5) is 0 Å². The van der Waals surface area contributed by atoms with E-state index >= 15 is 0 Å². The van der Waals surface area contributed by atoms with Crippen LogP contribution in [0.2, 0.25) is 5.02 Å². The molecule has 1 aromatic carbocycles. The van der Waals surface area contributed by atoms with Crippen LogP contribution >= 0.6 is 11.6 Å². The summed E-state index contributed by atoms with van der Waals surface area (Å²) in [6, 6.07) is 5.28. The fraction of sp³-hybridized carbons (Fsp3) is 0.538. The molecule has 0 unspecified atom stereocenters. The second-order valence-electron chi connectivity index (χ2n) is 4.57. The molecule has 1 N–H and O–H groups in total. The maximum absolute atomic E-state index is 11.5. The van der Waals surface area contributed by atoms with E-state index < -0.39 is 10.0 Å². The fourth-order valence-corrected chi connectivity index (χ4v) is 2.85. The van der Waals surface area contributed by atoms with Crippen molar-refractivity contribution in [1.82, 2.24) is 4.72 Å². The number of nitrogens with one attached hydrogen (secondary N) is 1. The normalized spacial score (nSPS) is 11.8. The molecule has 4 nitrogen and oxygen atoms in total. The van der Waals surface area contributed by atoms with Gasteiger partial charge in [0, 0.05) is 6.54 Å². The average Bonchev–Trinajstić information content (AvgIpc) is 2.29. The van der Waals surface area contributed by atoms with Crippen LogP contribution in [0.5, 0.6) is 5.75 Å². The zero-order valence-corrected chi connectivity index (χ0v) is 13.0. The molecule has 1 rings (SSSR count). The van der Waals surface area contributed by atoms with Gasteiger partial charge in [-0.3, -0.25) is 0 Å². The lowest BCUT2D eigenvalue weighted by Crippen LogP contribution is -2.25. The summed E-state index contributed by atoms with van der Waals surface area (Å²) >= 11 is 6.08. The molecule has 0 heterocycles. The van der Waals surface area contributed by atoms with E-state index in [1.165, 1.54) is 0 Å². The molecule has 0 radical (unpaired) electrons. The molecule has 19 heavy (non-hydrogen) atoms. The van der Waals surface area contributed by atoms with Crippen LogP contribution in [-0.2, 0) is 16.6 Å². The minimum atomic E-state index is -3.20. The molecule has 0 atom stereocenters. The van der Waals surface area contributed by atoms with E-state index in [0.717, 1.165) is 5.56 Å². The Morgan fingerprint density at radius 2 is 2.05 bits per heavy atom. The second-order valence-corrected chi connectivity index (χ2v) is 6.90. The lowest BCUT2D eigenvalue weighted by Gasteiger charge is -2.12. The Balaban J connectivity index is 2.69. The van der Waals surface area contributed by atoms with Crippen molar-refractivity contribution in [3.63, 3.8) is 0 Å². The third-order valence-electron chi connectivity index (χ3n) is 2.33. The summed E-state index contributed by atoms with van der Waals surface area (Å²) < 4.78 is 31.1. The molecule has 0 saturated heterocycles. The van der Waals surface area contributed by atoms with Crippen LogP contribution in [0.1, 0.15) is 32.8 Å². The highest BCUT2D eigenvalue weighted by Gasteiger charge is 2.09. The number of benzene rings is 1. The molecule has 0 bridgehead atoms. The largest absolute Gasteiger partial charge is 0.489 e. The summed E-state index contributed by atoms with van der Waals surface area (Å²) in [6.45, 7) is 5.91. The molecular weight excluding hydrogens is 286 g/mol. The van der Waals surface area contributed by atoms with Crippen LogP contribution in [0, 0.1) is 0 Å². The third kappa shape index (κ3) is 5.80. The van der Waals surface area contributed by atoms with E-state index in [4.69, 9.17) is 16.3 Å². The average molecular weight is 306 g/mol. The van der Waals surface area contributed by atoms with Gasteiger partial charge >= 0.3 is 0 Å². The van der Waals surface area contributed by atoms with Crippen LogP contribution in [0.15, 0.2) is 18.2 Å². The van der Waals surface area contributed by atoms with Crippen LogP contribution in [0.25, 0.3) is 0 Å². The van der Waals surface area contributed by atoms with Gasteiger partial charge in [0.05, 0.1) is 16.9 Å². The zero-order valence-electron chi connectivity index (χ0n) is 11.4. The van der Waals surface area contributed by atoms with Gasteiger partial charge in [0.25, 0.3) is 0 Å². The van der Waals surface area contributed by atoms with Crippen molar-refractivity contribution >= 4 is 21.6 Å². The molecule has 0 fully saturated rings. The van der Waals surface area contributed by atoms with E-state index in [1.807, 2.05) is 20.8 Å². The first-order valence-electron chi connectivity index (χ1n) is 6.26. The van der Waals surface area contributed by atoms with Crippen molar-refractivity contribution in [2.24, 2.45) is 0 Å². The van der Waals surface area contributed by atoms with Crippen LogP contribution in [-0.4, -0.2) is 20.3 Å². The molecule has 0 aliphatic carbocycles. The zero-order chi connectivity index (χ0) is 14.5. The highest BCUT2D eigenvalue weighted by Crippen LogP contribution is 2.26. The van der Waals surface area contributed by atoms with Gasteiger partial charge in [0.15, 0.2) is 0 Å². The van der Waals surface area contributed by atoms with Crippen LogP contribution in [0.3, 0.4) is 0 Å². The molecule has 0 spiro atoms. The molecule has 0 saturated carbocycles. The van der Waals surface area contributed by atoms with Gasteiger partial charge in [0.2, 0.25) is 10.0 Å². The summed E-state index contributed by atoms with van der Waals surface area (Å²) in [7, 11) is -3.20. The fourth-order valence-electron chi connectivity index (χ4n) is 1.54. The number of hydrogen-bond acceptors (Lipinski definition) is 3.